The fourth-order valence-corrected chi connectivity index (χ4v) is 4.94. The van der Waals surface area contributed by atoms with E-state index >= 15 is 0 Å². The summed E-state index contributed by atoms with van der Waals surface area (Å²) in [4.78, 5) is 2.35. The Balaban J connectivity index is 3.05. The van der Waals surface area contributed by atoms with Crippen molar-refractivity contribution in [1.82, 2.24) is 4.90 Å². The Labute approximate surface area is 118 Å². The van der Waals surface area contributed by atoms with Crippen molar-refractivity contribution >= 4 is 19.8 Å². The van der Waals surface area contributed by atoms with Crippen LogP contribution in [0.1, 0.15) is 19.4 Å². The van der Waals surface area contributed by atoms with Crippen molar-refractivity contribution in [1.29, 1.82) is 0 Å². The Morgan fingerprint density at radius 3 is 2.00 bits per heavy atom. The average molecular weight is 279 g/mol. The number of benzene rings is 1. The fourth-order valence-electron chi connectivity index (χ4n) is 2.15. The van der Waals surface area contributed by atoms with Crippen LogP contribution in [0.4, 0.5) is 0 Å². The maximum Gasteiger partial charge on any atom is 0.386 e. The van der Waals surface area contributed by atoms with Crippen LogP contribution < -0.4 is 5.19 Å². The summed E-state index contributed by atoms with van der Waals surface area (Å²) in [5, 5.41) is 1.16. The van der Waals surface area contributed by atoms with Crippen molar-refractivity contribution in [3.05, 3.63) is 36.4 Å². The molecule has 0 heterocycles. The first-order valence-corrected chi connectivity index (χ1v) is 8.73. The van der Waals surface area contributed by atoms with E-state index < -0.39 is 8.56 Å². The van der Waals surface area contributed by atoms with Gasteiger partial charge in [0.05, 0.1) is 0 Å². The van der Waals surface area contributed by atoms with E-state index in [0.717, 1.165) is 30.0 Å². The zero-order valence-corrected chi connectivity index (χ0v) is 13.5. The van der Waals surface area contributed by atoms with Gasteiger partial charge in [0.2, 0.25) is 0 Å². The lowest BCUT2D eigenvalue weighted by Gasteiger charge is -2.32. The normalized spacial score (nSPS) is 11.8. The molecular weight excluding hydrogens is 254 g/mol. The SMILES string of the molecule is C=Cc1ccc([Si](CN(CC)CC)(OC)OC)cc1. The van der Waals surface area contributed by atoms with Crippen LogP contribution in [-0.4, -0.2) is 46.9 Å². The summed E-state index contributed by atoms with van der Waals surface area (Å²) in [6, 6.07) is 8.31. The van der Waals surface area contributed by atoms with Gasteiger partial charge in [-0.25, -0.2) is 0 Å². The molecule has 0 aromatic heterocycles. The zero-order chi connectivity index (χ0) is 14.3. The maximum absolute atomic E-state index is 5.83. The highest BCUT2D eigenvalue weighted by Gasteiger charge is 2.39. The second kappa shape index (κ2) is 7.60. The minimum absolute atomic E-state index is 0.848. The van der Waals surface area contributed by atoms with Gasteiger partial charge in [0.25, 0.3) is 0 Å². The van der Waals surface area contributed by atoms with Gasteiger partial charge in [-0.3, -0.25) is 0 Å². The quantitative estimate of drug-likeness (QED) is 0.681. The van der Waals surface area contributed by atoms with Crippen molar-refractivity contribution in [2.75, 3.05) is 33.5 Å². The highest BCUT2D eigenvalue weighted by Crippen LogP contribution is 2.10. The van der Waals surface area contributed by atoms with E-state index in [0.29, 0.717) is 0 Å². The van der Waals surface area contributed by atoms with Gasteiger partial charge in [0, 0.05) is 20.4 Å². The molecule has 0 spiro atoms. The van der Waals surface area contributed by atoms with E-state index in [4.69, 9.17) is 8.85 Å². The minimum atomic E-state index is -2.37. The first-order chi connectivity index (χ1) is 9.15. The summed E-state index contributed by atoms with van der Waals surface area (Å²) in [7, 11) is 1.13. The standard InChI is InChI=1S/C15H25NO2Si/c1-6-14-9-11-15(12-10-14)19(17-4,18-5)13-16(7-2)8-3/h6,9-12H,1,7-8,13H2,2-5H3. The summed E-state index contributed by atoms with van der Waals surface area (Å²) in [6.07, 6.45) is 2.69. The van der Waals surface area contributed by atoms with E-state index in [1.807, 2.05) is 6.08 Å². The van der Waals surface area contributed by atoms with Gasteiger partial charge in [-0.15, -0.1) is 0 Å². The Hall–Kier alpha value is -0.943. The highest BCUT2D eigenvalue weighted by molar-refractivity contribution is 6.81. The lowest BCUT2D eigenvalue weighted by atomic mass is 10.2. The third-order valence-corrected chi connectivity index (χ3v) is 6.97. The van der Waals surface area contributed by atoms with Gasteiger partial charge in [-0.1, -0.05) is 50.8 Å². The maximum atomic E-state index is 5.83. The Morgan fingerprint density at radius 1 is 1.11 bits per heavy atom. The van der Waals surface area contributed by atoms with Crippen LogP contribution in [0.15, 0.2) is 30.8 Å². The van der Waals surface area contributed by atoms with E-state index in [2.05, 4.69) is 49.6 Å². The Bertz CT molecular complexity index is 384. The molecule has 106 valence electrons. The highest BCUT2D eigenvalue weighted by atomic mass is 28.4. The molecule has 1 rings (SSSR count). The van der Waals surface area contributed by atoms with E-state index in [9.17, 15) is 0 Å². The molecule has 0 fully saturated rings. The van der Waals surface area contributed by atoms with Gasteiger partial charge >= 0.3 is 8.56 Å². The molecule has 0 aliphatic heterocycles. The van der Waals surface area contributed by atoms with Crippen LogP contribution in [0, 0.1) is 0 Å². The predicted octanol–water partition coefficient (Wildman–Crippen LogP) is 2.15. The lowest BCUT2D eigenvalue weighted by molar-refractivity contribution is 0.222. The topological polar surface area (TPSA) is 21.7 Å². The molecule has 0 aliphatic carbocycles. The summed E-state index contributed by atoms with van der Waals surface area (Å²) < 4.78 is 11.7. The van der Waals surface area contributed by atoms with Gasteiger partial charge in [0.15, 0.2) is 0 Å². The number of rotatable bonds is 8. The van der Waals surface area contributed by atoms with Crippen molar-refractivity contribution in [3.63, 3.8) is 0 Å². The molecule has 0 bridgehead atoms. The Morgan fingerprint density at radius 2 is 1.63 bits per heavy atom. The van der Waals surface area contributed by atoms with Gasteiger partial charge in [0.1, 0.15) is 0 Å². The molecule has 0 unspecified atom stereocenters. The third kappa shape index (κ3) is 3.76. The third-order valence-electron chi connectivity index (χ3n) is 3.57. The molecule has 0 saturated carbocycles. The summed E-state index contributed by atoms with van der Waals surface area (Å²) in [5.74, 6) is 0. The number of hydrogen-bond donors (Lipinski definition) is 0. The van der Waals surface area contributed by atoms with Crippen LogP contribution >= 0.6 is 0 Å². The van der Waals surface area contributed by atoms with Crippen LogP contribution in [0.5, 0.6) is 0 Å². The van der Waals surface area contributed by atoms with Gasteiger partial charge < -0.3 is 13.8 Å². The Kier molecular flexibility index (Phi) is 6.44. The molecule has 0 amide bonds. The second-order valence-electron chi connectivity index (χ2n) is 4.45. The fraction of sp³-hybridized carbons (Fsp3) is 0.467. The second-order valence-corrected chi connectivity index (χ2v) is 7.66. The van der Waals surface area contributed by atoms with E-state index in [1.165, 1.54) is 0 Å². The molecule has 0 N–H and O–H groups in total. The summed E-state index contributed by atoms with van der Waals surface area (Å²) >= 11 is 0. The molecule has 1 aromatic carbocycles. The predicted molar refractivity (Wildman–Crippen MR) is 83.7 cm³/mol. The van der Waals surface area contributed by atoms with Gasteiger partial charge in [-0.05, 0) is 23.8 Å². The molecule has 0 aliphatic rings. The molecule has 19 heavy (non-hydrogen) atoms. The monoisotopic (exact) mass is 279 g/mol. The molecule has 0 atom stereocenters. The van der Waals surface area contributed by atoms with Crippen molar-refractivity contribution in [2.24, 2.45) is 0 Å². The van der Waals surface area contributed by atoms with Crippen LogP contribution in [0.2, 0.25) is 0 Å². The molecule has 3 nitrogen and oxygen atoms in total. The van der Waals surface area contributed by atoms with Crippen molar-refractivity contribution in [3.8, 4) is 0 Å². The first-order valence-electron chi connectivity index (χ1n) is 6.71. The molecular formula is C15H25NO2Si. The molecule has 1 aromatic rings. The summed E-state index contributed by atoms with van der Waals surface area (Å²) in [6.45, 7) is 10.1. The molecule has 4 heteroatoms. The number of nitrogens with zero attached hydrogens (tertiary/aromatic N) is 1. The summed E-state index contributed by atoms with van der Waals surface area (Å²) in [5.41, 5.74) is 1.11. The number of hydrogen-bond acceptors (Lipinski definition) is 3. The average Bonchev–Trinajstić information content (AvgIpc) is 2.49. The zero-order valence-electron chi connectivity index (χ0n) is 12.5. The first kappa shape index (κ1) is 16.1. The lowest BCUT2D eigenvalue weighted by Crippen LogP contribution is -2.60. The van der Waals surface area contributed by atoms with Crippen LogP contribution in [0.3, 0.4) is 0 Å². The van der Waals surface area contributed by atoms with Crippen molar-refractivity contribution < 1.29 is 8.85 Å². The molecule has 0 saturated heterocycles. The van der Waals surface area contributed by atoms with Crippen LogP contribution in [0.25, 0.3) is 6.08 Å². The van der Waals surface area contributed by atoms with Crippen molar-refractivity contribution in [2.45, 2.75) is 13.8 Å². The smallest absolute Gasteiger partial charge is 0.386 e. The largest absolute Gasteiger partial charge is 0.394 e. The van der Waals surface area contributed by atoms with E-state index in [1.54, 1.807) is 14.2 Å². The van der Waals surface area contributed by atoms with Gasteiger partial charge in [-0.2, -0.15) is 0 Å². The molecule has 0 radical (unpaired) electrons. The minimum Gasteiger partial charge on any atom is -0.394 e. The van der Waals surface area contributed by atoms with E-state index in [-0.39, 0.29) is 0 Å². The van der Waals surface area contributed by atoms with Crippen LogP contribution in [-0.2, 0) is 8.85 Å².